The topological polar surface area (TPSA) is 78.8 Å². The van der Waals surface area contributed by atoms with Gasteiger partial charge in [0.1, 0.15) is 4.90 Å². The van der Waals surface area contributed by atoms with E-state index < -0.39 is 10.0 Å². The summed E-state index contributed by atoms with van der Waals surface area (Å²) in [6, 6.07) is 12.6. The van der Waals surface area contributed by atoms with Gasteiger partial charge in [0.15, 0.2) is 5.17 Å². The molecule has 2 aromatic rings. The number of rotatable bonds is 4. The maximum absolute atomic E-state index is 12.4. The summed E-state index contributed by atoms with van der Waals surface area (Å²) >= 11 is 1.12. The van der Waals surface area contributed by atoms with Crippen LogP contribution in [0.15, 0.2) is 51.8 Å². The van der Waals surface area contributed by atoms with Crippen LogP contribution in [0.2, 0.25) is 0 Å². The number of thioether (sulfide) groups is 1. The van der Waals surface area contributed by atoms with Gasteiger partial charge in [-0.25, -0.2) is 0 Å². The number of amides is 1. The van der Waals surface area contributed by atoms with E-state index in [1.165, 1.54) is 0 Å². The highest BCUT2D eigenvalue weighted by Crippen LogP contribution is 2.33. The summed E-state index contributed by atoms with van der Waals surface area (Å²) in [6.45, 7) is 6.36. The fourth-order valence-corrected chi connectivity index (χ4v) is 5.12. The molecule has 1 aliphatic rings. The first-order valence-electron chi connectivity index (χ1n) is 8.53. The van der Waals surface area contributed by atoms with E-state index in [0.717, 1.165) is 28.6 Å². The summed E-state index contributed by atoms with van der Waals surface area (Å²) in [5.41, 5.74) is 3.38. The molecule has 1 heterocycles. The Labute approximate surface area is 163 Å². The Bertz CT molecular complexity index is 1020. The van der Waals surface area contributed by atoms with Crippen LogP contribution in [-0.2, 0) is 14.8 Å². The van der Waals surface area contributed by atoms with Gasteiger partial charge >= 0.3 is 0 Å². The fourth-order valence-electron chi connectivity index (χ4n) is 2.80. The molecular formula is C19H21N3O3S2. The van der Waals surface area contributed by atoms with Gasteiger partial charge in [-0.3, -0.25) is 4.79 Å². The predicted molar refractivity (Wildman–Crippen MR) is 111 cm³/mol. The molecule has 1 aliphatic heterocycles. The minimum Gasteiger partial charge on any atom is -0.325 e. The molecule has 0 aromatic heterocycles. The number of hydrogen-bond acceptors (Lipinski definition) is 5. The van der Waals surface area contributed by atoms with Crippen LogP contribution in [0.5, 0.6) is 0 Å². The van der Waals surface area contributed by atoms with Crippen molar-refractivity contribution in [3.05, 3.63) is 53.6 Å². The monoisotopic (exact) mass is 403 g/mol. The third-order valence-corrected chi connectivity index (χ3v) is 6.59. The quantitative estimate of drug-likeness (QED) is 0.844. The van der Waals surface area contributed by atoms with E-state index in [4.69, 9.17) is 0 Å². The van der Waals surface area contributed by atoms with Crippen molar-refractivity contribution in [3.8, 4) is 0 Å². The summed E-state index contributed by atoms with van der Waals surface area (Å²) in [6.07, 6.45) is 0. The van der Waals surface area contributed by atoms with E-state index in [1.54, 1.807) is 24.3 Å². The minimum absolute atomic E-state index is 0.0698. The second kappa shape index (κ2) is 7.74. The lowest BCUT2D eigenvalue weighted by atomic mass is 10.1. The third-order valence-electron chi connectivity index (χ3n) is 4.18. The lowest BCUT2D eigenvalue weighted by Gasteiger charge is -2.29. The zero-order chi connectivity index (χ0) is 19.6. The molecule has 0 unspecified atom stereocenters. The lowest BCUT2D eigenvalue weighted by molar-refractivity contribution is -0.113. The molecule has 0 radical (unpaired) electrons. The van der Waals surface area contributed by atoms with Crippen LogP contribution < -0.4 is 10.2 Å². The number of hydrogen-bond donors (Lipinski definition) is 1. The first-order valence-corrected chi connectivity index (χ1v) is 11.0. The van der Waals surface area contributed by atoms with Gasteiger partial charge in [0, 0.05) is 12.2 Å². The van der Waals surface area contributed by atoms with Gasteiger partial charge in [0.2, 0.25) is 5.91 Å². The van der Waals surface area contributed by atoms with Crippen molar-refractivity contribution < 1.29 is 13.2 Å². The summed E-state index contributed by atoms with van der Waals surface area (Å²) in [7, 11) is -3.76. The van der Waals surface area contributed by atoms with E-state index in [1.807, 2.05) is 43.9 Å². The molecule has 142 valence electrons. The average Bonchev–Trinajstić information content (AvgIpc) is 2.63. The standard InChI is InChI=1S/C19H21N3O3S2/c1-4-22-16-7-5-6-8-17(16)27(24,25)21-19(22)26-12-18(23)20-15-11-13(2)9-10-14(15)3/h5-11H,4,12H2,1-3H3,(H,20,23). The Hall–Kier alpha value is -2.32. The molecule has 0 fully saturated rings. The van der Waals surface area contributed by atoms with Crippen molar-refractivity contribution in [2.75, 3.05) is 22.5 Å². The Balaban J connectivity index is 1.76. The van der Waals surface area contributed by atoms with Gasteiger partial charge in [-0.1, -0.05) is 36.0 Å². The van der Waals surface area contributed by atoms with Crippen molar-refractivity contribution in [1.29, 1.82) is 0 Å². The second-order valence-electron chi connectivity index (χ2n) is 6.22. The van der Waals surface area contributed by atoms with Gasteiger partial charge in [0.05, 0.1) is 11.4 Å². The van der Waals surface area contributed by atoms with Crippen molar-refractivity contribution >= 4 is 44.2 Å². The Morgan fingerprint density at radius 1 is 1.19 bits per heavy atom. The molecule has 0 atom stereocenters. The minimum atomic E-state index is -3.76. The molecule has 0 saturated heterocycles. The number of nitrogens with zero attached hydrogens (tertiary/aromatic N) is 2. The van der Waals surface area contributed by atoms with E-state index in [9.17, 15) is 13.2 Å². The Morgan fingerprint density at radius 2 is 1.93 bits per heavy atom. The number of fused-ring (bicyclic) bond motifs is 1. The molecule has 0 saturated carbocycles. The van der Waals surface area contributed by atoms with E-state index in [0.29, 0.717) is 17.4 Å². The first-order chi connectivity index (χ1) is 12.8. The highest BCUT2D eigenvalue weighted by atomic mass is 32.2. The summed E-state index contributed by atoms with van der Waals surface area (Å²) < 4.78 is 28.8. The van der Waals surface area contributed by atoms with Gasteiger partial charge < -0.3 is 10.2 Å². The average molecular weight is 404 g/mol. The smallest absolute Gasteiger partial charge is 0.286 e. The molecule has 2 aromatic carbocycles. The van der Waals surface area contributed by atoms with Crippen LogP contribution in [-0.4, -0.2) is 31.8 Å². The SMILES string of the molecule is CCN1C(SCC(=O)Nc2cc(C)ccc2C)=NS(=O)(=O)c2ccccc21. The van der Waals surface area contributed by atoms with Crippen molar-refractivity contribution in [2.24, 2.45) is 4.40 Å². The molecule has 1 N–H and O–H groups in total. The largest absolute Gasteiger partial charge is 0.325 e. The van der Waals surface area contributed by atoms with Gasteiger partial charge in [-0.2, -0.15) is 8.42 Å². The van der Waals surface area contributed by atoms with Gasteiger partial charge in [-0.05, 0) is 50.1 Å². The number of carbonyl (C=O) groups is 1. The molecule has 27 heavy (non-hydrogen) atoms. The normalized spacial score (nSPS) is 15.1. The number of carbonyl (C=O) groups excluding carboxylic acids is 1. The van der Waals surface area contributed by atoms with Crippen LogP contribution >= 0.6 is 11.8 Å². The molecule has 6 nitrogen and oxygen atoms in total. The van der Waals surface area contributed by atoms with E-state index in [2.05, 4.69) is 9.71 Å². The van der Waals surface area contributed by atoms with E-state index >= 15 is 0 Å². The number of para-hydroxylation sites is 1. The maximum Gasteiger partial charge on any atom is 0.286 e. The summed E-state index contributed by atoms with van der Waals surface area (Å²) in [5.74, 6) is -0.135. The van der Waals surface area contributed by atoms with Gasteiger partial charge in [-0.15, -0.1) is 4.40 Å². The number of benzene rings is 2. The first kappa shape index (κ1) is 19.4. The zero-order valence-corrected chi connectivity index (χ0v) is 17.0. The lowest BCUT2D eigenvalue weighted by Crippen LogP contribution is -2.34. The highest BCUT2D eigenvalue weighted by molar-refractivity contribution is 8.15. The number of nitrogens with one attached hydrogen (secondary N) is 1. The Kier molecular flexibility index (Phi) is 5.57. The number of sulfonamides is 1. The number of amidine groups is 1. The fraction of sp³-hybridized carbons (Fsp3) is 0.263. The molecular weight excluding hydrogens is 382 g/mol. The molecule has 0 spiro atoms. The third kappa shape index (κ3) is 4.17. The van der Waals surface area contributed by atoms with Crippen molar-refractivity contribution in [2.45, 2.75) is 25.7 Å². The van der Waals surface area contributed by atoms with Crippen LogP contribution in [0.25, 0.3) is 0 Å². The Morgan fingerprint density at radius 3 is 2.67 bits per heavy atom. The second-order valence-corrected chi connectivity index (χ2v) is 8.73. The highest BCUT2D eigenvalue weighted by Gasteiger charge is 2.30. The van der Waals surface area contributed by atoms with Crippen LogP contribution in [0.4, 0.5) is 11.4 Å². The predicted octanol–water partition coefficient (Wildman–Crippen LogP) is 3.56. The zero-order valence-electron chi connectivity index (χ0n) is 15.4. The van der Waals surface area contributed by atoms with Crippen LogP contribution in [0, 0.1) is 13.8 Å². The summed E-state index contributed by atoms with van der Waals surface area (Å²) in [4.78, 5) is 14.4. The molecule has 3 rings (SSSR count). The molecule has 0 aliphatic carbocycles. The van der Waals surface area contributed by atoms with Gasteiger partial charge in [0.25, 0.3) is 10.0 Å². The molecule has 0 bridgehead atoms. The number of anilines is 2. The van der Waals surface area contributed by atoms with Crippen LogP contribution in [0.1, 0.15) is 18.1 Å². The maximum atomic E-state index is 12.4. The number of aryl methyl sites for hydroxylation is 2. The van der Waals surface area contributed by atoms with Crippen molar-refractivity contribution in [3.63, 3.8) is 0 Å². The molecule has 8 heteroatoms. The molecule has 1 amide bonds. The van der Waals surface area contributed by atoms with Crippen molar-refractivity contribution in [1.82, 2.24) is 0 Å². The summed E-state index contributed by atoms with van der Waals surface area (Å²) in [5, 5.41) is 3.19. The van der Waals surface area contributed by atoms with E-state index in [-0.39, 0.29) is 16.6 Å². The van der Waals surface area contributed by atoms with Crippen LogP contribution in [0.3, 0.4) is 0 Å².